The quantitative estimate of drug-likeness (QED) is 0.455. The second-order valence-corrected chi connectivity index (χ2v) is 3.28. The van der Waals surface area contributed by atoms with Gasteiger partial charge in [0, 0.05) is 4.91 Å². The molecular weight excluding hydrogens is 220 g/mol. The summed E-state index contributed by atoms with van der Waals surface area (Å²) < 4.78 is 1.51. The molecule has 7 nitrogen and oxygen atoms in total. The topological polar surface area (TPSA) is 96.5 Å². The first-order chi connectivity index (χ1) is 8.29. The largest absolute Gasteiger partial charge is 0.285 e. The first kappa shape index (κ1) is 10.8. The Morgan fingerprint density at radius 1 is 1.41 bits per heavy atom. The predicted octanol–water partition coefficient (Wildman–Crippen LogP) is 1.78. The van der Waals surface area contributed by atoms with Gasteiger partial charge >= 0.3 is 0 Å². The molecule has 0 saturated heterocycles. The van der Waals surface area contributed by atoms with Crippen LogP contribution in [0.2, 0.25) is 0 Å². The Morgan fingerprint density at radius 3 is 2.88 bits per heavy atom. The molecule has 0 bridgehead atoms. The summed E-state index contributed by atoms with van der Waals surface area (Å²) in [5.74, 6) is -0.730. The number of benzene rings is 1. The molecule has 2 aromatic rings. The van der Waals surface area contributed by atoms with Gasteiger partial charge in [0.2, 0.25) is 0 Å². The molecule has 84 valence electrons. The molecule has 0 unspecified atom stereocenters. The summed E-state index contributed by atoms with van der Waals surface area (Å²) in [4.78, 5) is 13.6. The van der Waals surface area contributed by atoms with Crippen LogP contribution in [0.15, 0.2) is 41.6 Å². The number of aromatic nitrogens is 3. The first-order valence-electron chi connectivity index (χ1n) is 4.83. The van der Waals surface area contributed by atoms with E-state index in [4.69, 9.17) is 5.53 Å². The van der Waals surface area contributed by atoms with Crippen molar-refractivity contribution < 1.29 is 4.79 Å². The number of azide groups is 1. The Bertz CT molecular complexity index is 569. The lowest BCUT2D eigenvalue weighted by Gasteiger charge is -1.98. The molecule has 0 spiro atoms. The average molecular weight is 228 g/mol. The summed E-state index contributed by atoms with van der Waals surface area (Å²) in [5, 5.41) is 10.3. The number of hydrogen-bond donors (Lipinski definition) is 0. The Kier molecular flexibility index (Phi) is 3.13. The maximum absolute atomic E-state index is 11.2. The van der Waals surface area contributed by atoms with Crippen LogP contribution in [0, 0.1) is 0 Å². The molecule has 17 heavy (non-hydrogen) atoms. The lowest BCUT2D eigenvalue weighted by Crippen LogP contribution is -1.99. The van der Waals surface area contributed by atoms with Gasteiger partial charge in [-0.15, -0.1) is 5.10 Å². The van der Waals surface area contributed by atoms with E-state index in [0.717, 1.165) is 5.56 Å². The van der Waals surface area contributed by atoms with Crippen LogP contribution in [-0.2, 0) is 6.54 Å². The van der Waals surface area contributed by atoms with Crippen LogP contribution in [0.1, 0.15) is 16.1 Å². The van der Waals surface area contributed by atoms with Gasteiger partial charge in [-0.3, -0.25) is 4.79 Å². The fourth-order valence-corrected chi connectivity index (χ4v) is 1.34. The highest BCUT2D eigenvalue weighted by atomic mass is 16.2. The Labute approximate surface area is 96.3 Å². The molecule has 0 saturated carbocycles. The van der Waals surface area contributed by atoms with Gasteiger partial charge in [-0.2, -0.15) is 0 Å². The third-order valence-electron chi connectivity index (χ3n) is 2.08. The smallest absolute Gasteiger partial charge is 0.270 e. The van der Waals surface area contributed by atoms with Crippen LogP contribution < -0.4 is 0 Å². The van der Waals surface area contributed by atoms with Crippen LogP contribution in [0.4, 0.5) is 0 Å². The third-order valence-corrected chi connectivity index (χ3v) is 2.08. The lowest BCUT2D eigenvalue weighted by atomic mass is 10.2. The minimum Gasteiger partial charge on any atom is -0.285 e. The molecule has 7 heteroatoms. The fourth-order valence-electron chi connectivity index (χ4n) is 1.34. The Morgan fingerprint density at radius 2 is 2.18 bits per heavy atom. The van der Waals surface area contributed by atoms with Crippen molar-refractivity contribution in [3.05, 3.63) is 58.2 Å². The van der Waals surface area contributed by atoms with E-state index in [1.165, 1.54) is 10.9 Å². The zero-order valence-electron chi connectivity index (χ0n) is 8.76. The van der Waals surface area contributed by atoms with Gasteiger partial charge < -0.3 is 0 Å². The second kappa shape index (κ2) is 4.91. The van der Waals surface area contributed by atoms with E-state index in [-0.39, 0.29) is 5.69 Å². The molecule has 1 aromatic heterocycles. The standard InChI is InChI=1S/C10H8N6O/c11-14-13-10(17)9-7-16(15-12-9)6-8-4-2-1-3-5-8/h1-5,7H,6H2. The molecule has 0 atom stereocenters. The van der Waals surface area contributed by atoms with Crippen molar-refractivity contribution in [1.29, 1.82) is 0 Å². The SMILES string of the molecule is [N-]=[N+]=NC(=O)c1cn(Cc2ccccc2)nn1. The van der Waals surface area contributed by atoms with Crippen LogP contribution in [0.25, 0.3) is 10.4 Å². The van der Waals surface area contributed by atoms with E-state index in [9.17, 15) is 4.79 Å². The van der Waals surface area contributed by atoms with Crippen molar-refractivity contribution >= 4 is 5.91 Å². The Balaban J connectivity index is 2.14. The van der Waals surface area contributed by atoms with E-state index >= 15 is 0 Å². The number of nitrogens with zero attached hydrogens (tertiary/aromatic N) is 6. The minimum atomic E-state index is -0.730. The summed E-state index contributed by atoms with van der Waals surface area (Å²) in [5.41, 5.74) is 9.20. The molecule has 1 aromatic carbocycles. The summed E-state index contributed by atoms with van der Waals surface area (Å²) in [6.07, 6.45) is 1.45. The monoisotopic (exact) mass is 228 g/mol. The van der Waals surface area contributed by atoms with Gasteiger partial charge in [0.1, 0.15) is 0 Å². The van der Waals surface area contributed by atoms with E-state index in [2.05, 4.69) is 20.3 Å². The molecule has 1 amide bonds. The second-order valence-electron chi connectivity index (χ2n) is 3.28. The number of amides is 1. The lowest BCUT2D eigenvalue weighted by molar-refractivity contribution is 0.0995. The van der Waals surface area contributed by atoms with Crippen molar-refractivity contribution in [3.8, 4) is 0 Å². The molecule has 1 heterocycles. The van der Waals surface area contributed by atoms with Crippen molar-refractivity contribution in [1.82, 2.24) is 15.0 Å². The van der Waals surface area contributed by atoms with Gasteiger partial charge in [-0.25, -0.2) is 4.68 Å². The van der Waals surface area contributed by atoms with Gasteiger partial charge in [0.05, 0.1) is 12.7 Å². The molecule has 0 aliphatic rings. The molecule has 0 aliphatic heterocycles. The zero-order valence-corrected chi connectivity index (χ0v) is 8.76. The summed E-state index contributed by atoms with van der Waals surface area (Å²) >= 11 is 0. The van der Waals surface area contributed by atoms with Crippen molar-refractivity contribution in [2.75, 3.05) is 0 Å². The van der Waals surface area contributed by atoms with Gasteiger partial charge in [0.15, 0.2) is 5.69 Å². The molecule has 0 radical (unpaired) electrons. The molecular formula is C10H8N6O. The predicted molar refractivity (Wildman–Crippen MR) is 59.0 cm³/mol. The van der Waals surface area contributed by atoms with E-state index in [0.29, 0.717) is 6.54 Å². The highest BCUT2D eigenvalue weighted by Gasteiger charge is 2.08. The van der Waals surface area contributed by atoms with Gasteiger partial charge in [0.25, 0.3) is 5.91 Å². The van der Waals surface area contributed by atoms with Crippen molar-refractivity contribution in [3.63, 3.8) is 0 Å². The molecule has 0 aliphatic carbocycles. The molecule has 0 fully saturated rings. The third kappa shape index (κ3) is 2.67. The maximum Gasteiger partial charge on any atom is 0.270 e. The summed E-state index contributed by atoms with van der Waals surface area (Å²) in [6.45, 7) is 0.511. The normalized spacial score (nSPS) is 9.65. The zero-order chi connectivity index (χ0) is 12.1. The number of carbonyl (C=O) groups is 1. The van der Waals surface area contributed by atoms with Crippen LogP contribution in [-0.4, -0.2) is 20.9 Å². The van der Waals surface area contributed by atoms with Gasteiger partial charge in [-0.1, -0.05) is 35.5 Å². The highest BCUT2D eigenvalue weighted by Crippen LogP contribution is 2.02. The first-order valence-corrected chi connectivity index (χ1v) is 4.83. The minimum absolute atomic E-state index is 0.0405. The van der Waals surface area contributed by atoms with Crippen LogP contribution in [0.5, 0.6) is 0 Å². The van der Waals surface area contributed by atoms with Crippen molar-refractivity contribution in [2.24, 2.45) is 5.11 Å². The fraction of sp³-hybridized carbons (Fsp3) is 0.100. The van der Waals surface area contributed by atoms with Crippen LogP contribution >= 0.6 is 0 Å². The number of rotatable bonds is 3. The van der Waals surface area contributed by atoms with E-state index in [1.807, 2.05) is 30.3 Å². The van der Waals surface area contributed by atoms with Crippen molar-refractivity contribution in [2.45, 2.75) is 6.54 Å². The molecule has 0 N–H and O–H groups in total. The van der Waals surface area contributed by atoms with E-state index in [1.54, 1.807) is 0 Å². The number of hydrogen-bond acceptors (Lipinski definition) is 3. The maximum atomic E-state index is 11.2. The summed E-state index contributed by atoms with van der Waals surface area (Å²) in [6, 6.07) is 9.63. The molecule has 2 rings (SSSR count). The van der Waals surface area contributed by atoms with Gasteiger partial charge in [-0.05, 0) is 16.2 Å². The average Bonchev–Trinajstić information content (AvgIpc) is 2.79. The van der Waals surface area contributed by atoms with Crippen LogP contribution in [0.3, 0.4) is 0 Å². The van der Waals surface area contributed by atoms with E-state index < -0.39 is 5.91 Å². The Hall–Kier alpha value is -2.66. The highest BCUT2D eigenvalue weighted by molar-refractivity contribution is 5.92. The number of carbonyl (C=O) groups excluding carboxylic acids is 1. The summed E-state index contributed by atoms with van der Waals surface area (Å²) in [7, 11) is 0.